The second-order valence-corrected chi connectivity index (χ2v) is 9.05. The second-order valence-electron chi connectivity index (χ2n) is 6.79. The molecule has 1 saturated carbocycles. The van der Waals surface area contributed by atoms with Crippen molar-refractivity contribution in [3.05, 3.63) is 0 Å². The Balaban J connectivity index is 2.33. The molecule has 2 atom stereocenters. The van der Waals surface area contributed by atoms with E-state index in [0.717, 1.165) is 19.3 Å². The number of sulfone groups is 1. The third-order valence-corrected chi connectivity index (χ3v) is 4.99. The van der Waals surface area contributed by atoms with Gasteiger partial charge >= 0.3 is 0 Å². The average Bonchev–Trinajstić information content (AvgIpc) is 2.19. The summed E-state index contributed by atoms with van der Waals surface area (Å²) in [5.41, 5.74) is 0.372. The van der Waals surface area contributed by atoms with Gasteiger partial charge in [-0.1, -0.05) is 20.8 Å². The van der Waals surface area contributed by atoms with E-state index in [9.17, 15) is 13.2 Å². The third kappa shape index (κ3) is 6.41. The Kier molecular flexibility index (Phi) is 5.42. The zero-order valence-corrected chi connectivity index (χ0v) is 13.3. The lowest BCUT2D eigenvalue weighted by Gasteiger charge is -2.39. The van der Waals surface area contributed by atoms with Gasteiger partial charge in [0.25, 0.3) is 0 Å². The fraction of sp³-hybridized carbons (Fsp3) is 0.929. The highest BCUT2D eigenvalue weighted by Gasteiger charge is 2.32. The lowest BCUT2D eigenvalue weighted by Crippen LogP contribution is -2.44. The highest BCUT2D eigenvalue weighted by molar-refractivity contribution is 7.90. The standard InChI is InChI=1S/C14H27NO3S/c1-11-10-14(2,3)8-7-12(11)15-13(16)6-5-9-19(4,17)18/h11-12H,5-10H2,1-4H3,(H,15,16)/t11-,12-/m0/s1. The van der Waals surface area contributed by atoms with Crippen molar-refractivity contribution in [3.8, 4) is 0 Å². The normalized spacial score (nSPS) is 26.9. The van der Waals surface area contributed by atoms with Gasteiger partial charge in [0.15, 0.2) is 0 Å². The van der Waals surface area contributed by atoms with Crippen molar-refractivity contribution >= 4 is 15.7 Å². The molecule has 112 valence electrons. The summed E-state index contributed by atoms with van der Waals surface area (Å²) in [6.45, 7) is 6.73. The van der Waals surface area contributed by atoms with E-state index >= 15 is 0 Å². The molecule has 0 spiro atoms. The van der Waals surface area contributed by atoms with Crippen LogP contribution in [-0.4, -0.2) is 32.4 Å². The van der Waals surface area contributed by atoms with Crippen LogP contribution in [0.2, 0.25) is 0 Å². The Morgan fingerprint density at radius 3 is 2.53 bits per heavy atom. The number of carbonyl (C=O) groups is 1. The first-order valence-electron chi connectivity index (χ1n) is 7.06. The molecule has 0 aromatic heterocycles. The fourth-order valence-electron chi connectivity index (χ4n) is 2.93. The molecule has 0 unspecified atom stereocenters. The molecule has 0 bridgehead atoms. The Hall–Kier alpha value is -0.580. The summed E-state index contributed by atoms with van der Waals surface area (Å²) in [4.78, 5) is 11.8. The minimum Gasteiger partial charge on any atom is -0.353 e. The SMILES string of the molecule is C[C@H]1CC(C)(C)CC[C@@H]1NC(=O)CCCS(C)(=O)=O. The molecule has 1 fully saturated rings. The van der Waals surface area contributed by atoms with Crippen LogP contribution in [0.1, 0.15) is 52.9 Å². The van der Waals surface area contributed by atoms with Crippen LogP contribution >= 0.6 is 0 Å². The molecule has 1 aliphatic carbocycles. The van der Waals surface area contributed by atoms with E-state index in [0.29, 0.717) is 24.2 Å². The lowest BCUT2D eigenvalue weighted by atomic mass is 9.70. The topological polar surface area (TPSA) is 63.2 Å². The van der Waals surface area contributed by atoms with Crippen molar-refractivity contribution < 1.29 is 13.2 Å². The maximum Gasteiger partial charge on any atom is 0.220 e. The second kappa shape index (κ2) is 6.25. The Morgan fingerprint density at radius 2 is 2.00 bits per heavy atom. The smallest absolute Gasteiger partial charge is 0.220 e. The number of rotatable bonds is 5. The molecule has 1 N–H and O–H groups in total. The van der Waals surface area contributed by atoms with E-state index in [1.165, 1.54) is 6.26 Å². The van der Waals surface area contributed by atoms with E-state index in [1.54, 1.807) is 0 Å². The van der Waals surface area contributed by atoms with Crippen LogP contribution in [0.4, 0.5) is 0 Å². The number of carbonyl (C=O) groups excluding carboxylic acids is 1. The lowest BCUT2D eigenvalue weighted by molar-refractivity contribution is -0.122. The van der Waals surface area contributed by atoms with Gasteiger partial charge in [0.1, 0.15) is 9.84 Å². The summed E-state index contributed by atoms with van der Waals surface area (Å²) in [5, 5.41) is 3.06. The first-order chi connectivity index (χ1) is 8.59. The molecule has 0 saturated heterocycles. The molecule has 0 radical (unpaired) electrons. The molecule has 1 amide bonds. The average molecular weight is 289 g/mol. The van der Waals surface area contributed by atoms with Crippen molar-refractivity contribution in [2.45, 2.75) is 58.9 Å². The summed E-state index contributed by atoms with van der Waals surface area (Å²) >= 11 is 0. The highest BCUT2D eigenvalue weighted by Crippen LogP contribution is 2.38. The first kappa shape index (κ1) is 16.5. The van der Waals surface area contributed by atoms with E-state index in [1.807, 2.05) is 0 Å². The molecule has 19 heavy (non-hydrogen) atoms. The molecule has 5 heteroatoms. The van der Waals surface area contributed by atoms with Crippen molar-refractivity contribution in [1.29, 1.82) is 0 Å². The molecule has 0 heterocycles. The predicted molar refractivity (Wildman–Crippen MR) is 77.7 cm³/mol. The summed E-state index contributed by atoms with van der Waals surface area (Å²) in [6.07, 6.45) is 5.20. The Bertz CT molecular complexity index is 414. The van der Waals surface area contributed by atoms with Crippen LogP contribution < -0.4 is 5.32 Å². The van der Waals surface area contributed by atoms with Crippen molar-refractivity contribution in [1.82, 2.24) is 5.32 Å². The highest BCUT2D eigenvalue weighted by atomic mass is 32.2. The van der Waals surface area contributed by atoms with Gasteiger partial charge in [-0.2, -0.15) is 0 Å². The summed E-state index contributed by atoms with van der Waals surface area (Å²) in [5.74, 6) is 0.566. The fourth-order valence-corrected chi connectivity index (χ4v) is 3.60. The first-order valence-corrected chi connectivity index (χ1v) is 9.12. The number of nitrogens with one attached hydrogen (secondary N) is 1. The molecule has 4 nitrogen and oxygen atoms in total. The molecule has 0 aromatic rings. The van der Waals surface area contributed by atoms with Gasteiger partial charge in [-0.3, -0.25) is 4.79 Å². The van der Waals surface area contributed by atoms with Crippen LogP contribution in [0, 0.1) is 11.3 Å². The Morgan fingerprint density at radius 1 is 1.37 bits per heavy atom. The zero-order valence-electron chi connectivity index (χ0n) is 12.5. The minimum absolute atomic E-state index is 0.0137. The van der Waals surface area contributed by atoms with Gasteiger partial charge in [0.05, 0.1) is 5.75 Å². The van der Waals surface area contributed by atoms with Gasteiger partial charge in [-0.15, -0.1) is 0 Å². The van der Waals surface area contributed by atoms with Crippen LogP contribution in [0.25, 0.3) is 0 Å². The molecular formula is C14H27NO3S. The zero-order chi connectivity index (χ0) is 14.7. The van der Waals surface area contributed by atoms with Gasteiger partial charge in [-0.25, -0.2) is 8.42 Å². The summed E-state index contributed by atoms with van der Waals surface area (Å²) < 4.78 is 22.0. The summed E-state index contributed by atoms with van der Waals surface area (Å²) in [7, 11) is -2.96. The van der Waals surface area contributed by atoms with Crippen molar-refractivity contribution in [3.63, 3.8) is 0 Å². The summed E-state index contributed by atoms with van der Waals surface area (Å²) in [6, 6.07) is 0.249. The Labute approximate surface area is 117 Å². The minimum atomic E-state index is -2.96. The number of amides is 1. The molecule has 1 rings (SSSR count). The van der Waals surface area contributed by atoms with E-state index in [2.05, 4.69) is 26.1 Å². The van der Waals surface area contributed by atoms with Crippen LogP contribution in [0.3, 0.4) is 0 Å². The van der Waals surface area contributed by atoms with Gasteiger partial charge in [0, 0.05) is 18.7 Å². The quantitative estimate of drug-likeness (QED) is 0.843. The van der Waals surface area contributed by atoms with Crippen LogP contribution in [0.15, 0.2) is 0 Å². The van der Waals surface area contributed by atoms with Crippen LogP contribution in [0.5, 0.6) is 0 Å². The van der Waals surface area contributed by atoms with E-state index in [-0.39, 0.29) is 17.7 Å². The van der Waals surface area contributed by atoms with Gasteiger partial charge in [0.2, 0.25) is 5.91 Å². The molecule has 0 aromatic carbocycles. The maximum absolute atomic E-state index is 11.8. The predicted octanol–water partition coefficient (Wildman–Crippen LogP) is 2.14. The third-order valence-electron chi connectivity index (χ3n) is 3.96. The van der Waals surface area contributed by atoms with E-state index < -0.39 is 9.84 Å². The van der Waals surface area contributed by atoms with Crippen molar-refractivity contribution in [2.75, 3.05) is 12.0 Å². The van der Waals surface area contributed by atoms with Gasteiger partial charge < -0.3 is 5.32 Å². The molecular weight excluding hydrogens is 262 g/mol. The largest absolute Gasteiger partial charge is 0.353 e. The number of hydrogen-bond donors (Lipinski definition) is 1. The number of hydrogen-bond acceptors (Lipinski definition) is 3. The van der Waals surface area contributed by atoms with Crippen LogP contribution in [-0.2, 0) is 14.6 Å². The molecule has 0 aliphatic heterocycles. The van der Waals surface area contributed by atoms with Crippen molar-refractivity contribution in [2.24, 2.45) is 11.3 Å². The van der Waals surface area contributed by atoms with E-state index in [4.69, 9.17) is 0 Å². The monoisotopic (exact) mass is 289 g/mol. The van der Waals surface area contributed by atoms with Gasteiger partial charge in [-0.05, 0) is 37.0 Å². The maximum atomic E-state index is 11.8. The molecule has 1 aliphatic rings.